The van der Waals surface area contributed by atoms with Crippen LogP contribution >= 0.6 is 0 Å². The molecule has 0 spiro atoms. The Morgan fingerprint density at radius 1 is 1.04 bits per heavy atom. The first-order valence-electron chi connectivity index (χ1n) is 8.03. The summed E-state index contributed by atoms with van der Waals surface area (Å²) in [4.78, 5) is 8.74. The number of ether oxygens (including phenoxy) is 2. The van der Waals surface area contributed by atoms with Crippen LogP contribution in [-0.2, 0) is 6.61 Å². The topological polar surface area (TPSA) is 77.6 Å². The Balaban J connectivity index is 1.53. The predicted molar refractivity (Wildman–Crippen MR) is 96.2 cm³/mol. The molecule has 0 aliphatic heterocycles. The molecule has 2 aromatic heterocycles. The van der Waals surface area contributed by atoms with Crippen LogP contribution in [0.15, 0.2) is 65.2 Å². The Bertz CT molecular complexity index is 1040. The molecule has 0 bridgehead atoms. The Labute approximate surface area is 149 Å². The third-order valence-electron chi connectivity index (χ3n) is 3.87. The van der Waals surface area contributed by atoms with Crippen molar-refractivity contribution < 1.29 is 19.0 Å². The summed E-state index contributed by atoms with van der Waals surface area (Å²) in [5.41, 5.74) is 2.85. The van der Waals surface area contributed by atoms with E-state index >= 15 is 0 Å². The van der Waals surface area contributed by atoms with Crippen LogP contribution in [0.2, 0.25) is 0 Å². The maximum atomic E-state index is 9.60. The third kappa shape index (κ3) is 3.30. The lowest BCUT2D eigenvalue weighted by Crippen LogP contribution is -1.98. The lowest BCUT2D eigenvalue weighted by molar-refractivity contribution is 0.301. The zero-order valence-corrected chi connectivity index (χ0v) is 14.0. The van der Waals surface area contributed by atoms with E-state index in [9.17, 15) is 5.11 Å². The normalized spacial score (nSPS) is 10.8. The van der Waals surface area contributed by atoms with Crippen molar-refractivity contribution in [1.82, 2.24) is 9.97 Å². The number of nitrogens with zero attached hydrogens (tertiary/aromatic N) is 2. The zero-order valence-electron chi connectivity index (χ0n) is 14.0. The maximum Gasteiger partial charge on any atom is 0.227 e. The number of aromatic nitrogens is 2. The second kappa shape index (κ2) is 6.76. The van der Waals surface area contributed by atoms with E-state index in [4.69, 9.17) is 13.9 Å². The van der Waals surface area contributed by atoms with E-state index in [-0.39, 0.29) is 5.75 Å². The standard InChI is InChI=1S/C20H16N2O4/c1-24-17-6-5-14(21-11-17)12-25-16-7-8-19-18(10-16)22-20(26-19)13-3-2-4-15(23)9-13/h2-11,23H,12H2,1H3. The van der Waals surface area contributed by atoms with E-state index in [1.54, 1.807) is 31.5 Å². The molecule has 0 amide bonds. The van der Waals surface area contributed by atoms with Gasteiger partial charge in [-0.1, -0.05) is 6.07 Å². The van der Waals surface area contributed by atoms with Crippen molar-refractivity contribution in [2.24, 2.45) is 0 Å². The Morgan fingerprint density at radius 2 is 1.92 bits per heavy atom. The summed E-state index contributed by atoms with van der Waals surface area (Å²) in [6, 6.07) is 15.9. The van der Waals surface area contributed by atoms with E-state index in [1.165, 1.54) is 0 Å². The lowest BCUT2D eigenvalue weighted by Gasteiger charge is -2.06. The summed E-state index contributed by atoms with van der Waals surface area (Å²) in [5.74, 6) is 1.99. The van der Waals surface area contributed by atoms with Gasteiger partial charge in [-0.25, -0.2) is 4.98 Å². The van der Waals surface area contributed by atoms with Crippen LogP contribution in [0.1, 0.15) is 5.69 Å². The first-order valence-corrected chi connectivity index (χ1v) is 8.03. The lowest BCUT2D eigenvalue weighted by atomic mass is 10.2. The summed E-state index contributed by atoms with van der Waals surface area (Å²) in [6.07, 6.45) is 1.65. The molecule has 6 heteroatoms. The highest BCUT2D eigenvalue weighted by atomic mass is 16.5. The molecule has 0 fully saturated rings. The predicted octanol–water partition coefficient (Wildman–Crippen LogP) is 4.18. The number of phenols is 1. The molecule has 0 unspecified atom stereocenters. The van der Waals surface area contributed by atoms with Gasteiger partial charge in [0.05, 0.1) is 19.0 Å². The van der Waals surface area contributed by atoms with Crippen molar-refractivity contribution in [2.75, 3.05) is 7.11 Å². The number of hydrogen-bond acceptors (Lipinski definition) is 6. The molecule has 4 aromatic rings. The van der Waals surface area contributed by atoms with Crippen LogP contribution in [0.25, 0.3) is 22.6 Å². The zero-order chi connectivity index (χ0) is 17.9. The fourth-order valence-electron chi connectivity index (χ4n) is 2.53. The minimum absolute atomic E-state index is 0.167. The number of fused-ring (bicyclic) bond motifs is 1. The van der Waals surface area contributed by atoms with Gasteiger partial charge in [-0.15, -0.1) is 0 Å². The van der Waals surface area contributed by atoms with Crippen LogP contribution in [0, 0.1) is 0 Å². The quantitative estimate of drug-likeness (QED) is 0.583. The van der Waals surface area contributed by atoms with Crippen molar-refractivity contribution in [1.29, 1.82) is 0 Å². The second-order valence-electron chi connectivity index (χ2n) is 5.68. The van der Waals surface area contributed by atoms with Gasteiger partial charge in [0.1, 0.15) is 29.4 Å². The summed E-state index contributed by atoms with van der Waals surface area (Å²) in [5, 5.41) is 9.60. The molecule has 0 saturated carbocycles. The van der Waals surface area contributed by atoms with E-state index in [0.29, 0.717) is 40.7 Å². The van der Waals surface area contributed by atoms with Gasteiger partial charge >= 0.3 is 0 Å². The second-order valence-corrected chi connectivity index (χ2v) is 5.68. The molecule has 4 rings (SSSR count). The van der Waals surface area contributed by atoms with E-state index in [1.807, 2.05) is 36.4 Å². The number of pyridine rings is 1. The number of oxazole rings is 1. The molecule has 0 atom stereocenters. The highest BCUT2D eigenvalue weighted by Crippen LogP contribution is 2.28. The summed E-state index contributed by atoms with van der Waals surface area (Å²) in [7, 11) is 1.60. The van der Waals surface area contributed by atoms with E-state index in [0.717, 1.165) is 5.69 Å². The van der Waals surface area contributed by atoms with Crippen LogP contribution in [0.4, 0.5) is 0 Å². The molecule has 6 nitrogen and oxygen atoms in total. The van der Waals surface area contributed by atoms with Gasteiger partial charge in [0.2, 0.25) is 5.89 Å². The summed E-state index contributed by atoms with van der Waals surface area (Å²) >= 11 is 0. The highest BCUT2D eigenvalue weighted by molar-refractivity contribution is 5.77. The fourth-order valence-corrected chi connectivity index (χ4v) is 2.53. The number of methoxy groups -OCH3 is 1. The smallest absolute Gasteiger partial charge is 0.227 e. The van der Waals surface area contributed by atoms with Crippen LogP contribution in [0.3, 0.4) is 0 Å². The number of phenolic OH excluding ortho intramolecular Hbond substituents is 1. The van der Waals surface area contributed by atoms with Crippen LogP contribution in [0.5, 0.6) is 17.2 Å². The first kappa shape index (κ1) is 16.0. The SMILES string of the molecule is COc1ccc(COc2ccc3oc(-c4cccc(O)c4)nc3c2)nc1. The minimum Gasteiger partial charge on any atom is -0.508 e. The van der Waals surface area contributed by atoms with E-state index < -0.39 is 0 Å². The Morgan fingerprint density at radius 3 is 2.69 bits per heavy atom. The molecular formula is C20H16N2O4. The molecule has 130 valence electrons. The van der Waals surface area contributed by atoms with E-state index in [2.05, 4.69) is 9.97 Å². The maximum absolute atomic E-state index is 9.60. The fraction of sp³-hybridized carbons (Fsp3) is 0.100. The molecule has 0 aliphatic rings. The number of benzene rings is 2. The summed E-state index contributed by atoms with van der Waals surface area (Å²) < 4.78 is 16.6. The largest absolute Gasteiger partial charge is 0.508 e. The molecular weight excluding hydrogens is 332 g/mol. The van der Waals surface area contributed by atoms with Crippen LogP contribution in [-0.4, -0.2) is 22.2 Å². The first-order chi connectivity index (χ1) is 12.7. The highest BCUT2D eigenvalue weighted by Gasteiger charge is 2.10. The number of hydrogen-bond donors (Lipinski definition) is 1. The average molecular weight is 348 g/mol. The molecule has 2 heterocycles. The Hall–Kier alpha value is -3.54. The van der Waals surface area contributed by atoms with Crippen molar-refractivity contribution in [3.63, 3.8) is 0 Å². The molecule has 2 aromatic carbocycles. The molecule has 1 N–H and O–H groups in total. The van der Waals surface area contributed by atoms with Gasteiger partial charge in [-0.2, -0.15) is 0 Å². The third-order valence-corrected chi connectivity index (χ3v) is 3.87. The van der Waals surface area contributed by atoms with Gasteiger partial charge in [0.25, 0.3) is 0 Å². The van der Waals surface area contributed by atoms with Crippen molar-refractivity contribution in [3.05, 3.63) is 66.5 Å². The van der Waals surface area contributed by atoms with Crippen molar-refractivity contribution >= 4 is 11.1 Å². The average Bonchev–Trinajstić information content (AvgIpc) is 3.10. The van der Waals surface area contributed by atoms with Gasteiger partial charge in [0, 0.05) is 11.6 Å². The molecule has 0 radical (unpaired) electrons. The van der Waals surface area contributed by atoms with Crippen molar-refractivity contribution in [2.45, 2.75) is 6.61 Å². The van der Waals surface area contributed by atoms with Gasteiger partial charge in [-0.3, -0.25) is 4.98 Å². The molecule has 0 aliphatic carbocycles. The molecule has 0 saturated heterocycles. The number of rotatable bonds is 5. The summed E-state index contributed by atoms with van der Waals surface area (Å²) in [6.45, 7) is 0.340. The van der Waals surface area contributed by atoms with Gasteiger partial charge in [0.15, 0.2) is 5.58 Å². The van der Waals surface area contributed by atoms with Crippen molar-refractivity contribution in [3.8, 4) is 28.7 Å². The number of aromatic hydroxyl groups is 1. The monoisotopic (exact) mass is 348 g/mol. The molecule has 26 heavy (non-hydrogen) atoms. The van der Waals surface area contributed by atoms with Crippen LogP contribution < -0.4 is 9.47 Å². The van der Waals surface area contributed by atoms with Gasteiger partial charge in [-0.05, 0) is 42.5 Å². The van der Waals surface area contributed by atoms with Gasteiger partial charge < -0.3 is 19.0 Å². The Kier molecular flexibility index (Phi) is 4.15. The minimum atomic E-state index is 0.167.